The molecule has 0 aliphatic carbocycles. The fraction of sp³-hybridized carbons (Fsp3) is 0.917. The smallest absolute Gasteiger partial charge is 0.234 e. The summed E-state index contributed by atoms with van der Waals surface area (Å²) < 4.78 is 5.19. The third-order valence-electron chi connectivity index (χ3n) is 8.60. The molecule has 0 fully saturated rings. The Bertz CT molecular complexity index is 590. The van der Waals surface area contributed by atoms with E-state index in [0.717, 1.165) is 0 Å². The van der Waals surface area contributed by atoms with E-state index in [1.165, 1.54) is 193 Å². The lowest BCUT2D eigenvalue weighted by molar-refractivity contribution is -0.704. The SMILES string of the molecule is CCCCCCCCCCCCCCCCCC[n+]1ccn(CCCCC)c1CCCCCCCCCC. The number of nitrogens with zero attached hydrogens (tertiary/aromatic N) is 2. The van der Waals surface area contributed by atoms with Gasteiger partial charge in [0, 0.05) is 6.42 Å². The lowest BCUT2D eigenvalue weighted by atomic mass is 10.0. The number of aromatic nitrogens is 2. The minimum Gasteiger partial charge on any atom is -0.234 e. The molecule has 0 amide bonds. The second-order valence-corrected chi connectivity index (χ2v) is 12.3. The van der Waals surface area contributed by atoms with E-state index in [-0.39, 0.29) is 0 Å². The largest absolute Gasteiger partial charge is 0.256 e. The fourth-order valence-electron chi connectivity index (χ4n) is 5.97. The van der Waals surface area contributed by atoms with Gasteiger partial charge in [0.05, 0.1) is 13.1 Å². The average Bonchev–Trinajstić information content (AvgIpc) is 3.31. The van der Waals surface area contributed by atoms with Gasteiger partial charge in [-0.1, -0.05) is 162 Å². The van der Waals surface area contributed by atoms with Gasteiger partial charge in [-0.15, -0.1) is 0 Å². The molecule has 0 atom stereocenters. The first-order chi connectivity index (χ1) is 18.8. The summed E-state index contributed by atoms with van der Waals surface area (Å²) in [5.74, 6) is 1.60. The van der Waals surface area contributed by atoms with E-state index in [1.54, 1.807) is 5.82 Å². The third-order valence-corrected chi connectivity index (χ3v) is 8.60. The van der Waals surface area contributed by atoms with Crippen LogP contribution in [0.5, 0.6) is 0 Å². The number of imidazole rings is 1. The number of unbranched alkanes of at least 4 members (excludes halogenated alkanes) is 24. The van der Waals surface area contributed by atoms with E-state index in [4.69, 9.17) is 0 Å². The van der Waals surface area contributed by atoms with Crippen LogP contribution in [0.2, 0.25) is 0 Å². The minimum absolute atomic E-state index is 1.21. The molecule has 224 valence electrons. The van der Waals surface area contributed by atoms with Crippen molar-refractivity contribution in [3.8, 4) is 0 Å². The highest BCUT2D eigenvalue weighted by Crippen LogP contribution is 2.15. The van der Waals surface area contributed by atoms with Crippen molar-refractivity contribution in [2.24, 2.45) is 0 Å². The van der Waals surface area contributed by atoms with Gasteiger partial charge in [0.2, 0.25) is 0 Å². The molecule has 0 unspecified atom stereocenters. The maximum absolute atomic E-state index is 2.61. The first-order valence-electron chi connectivity index (χ1n) is 17.9. The summed E-state index contributed by atoms with van der Waals surface area (Å²) >= 11 is 0. The summed E-state index contributed by atoms with van der Waals surface area (Å²) in [6.07, 6.45) is 44.5. The van der Waals surface area contributed by atoms with Gasteiger partial charge in [0.1, 0.15) is 12.4 Å². The molecule has 2 nitrogen and oxygen atoms in total. The lowest BCUT2D eigenvalue weighted by Gasteiger charge is -2.07. The van der Waals surface area contributed by atoms with Crippen molar-refractivity contribution >= 4 is 0 Å². The standard InChI is InChI=1S/C36H71N2/c1-4-7-10-12-14-16-17-18-19-20-21-22-23-25-27-30-33-38-35-34-37(32-29-9-6-3)36(38)31-28-26-24-15-13-11-8-5-2/h34-35H,4-33H2,1-3H3/q+1. The predicted molar refractivity (Wildman–Crippen MR) is 170 cm³/mol. The van der Waals surface area contributed by atoms with Crippen LogP contribution in [0.3, 0.4) is 0 Å². The van der Waals surface area contributed by atoms with Gasteiger partial charge < -0.3 is 0 Å². The van der Waals surface area contributed by atoms with Crippen molar-refractivity contribution in [2.75, 3.05) is 0 Å². The summed E-state index contributed by atoms with van der Waals surface area (Å²) in [5, 5.41) is 0. The highest BCUT2D eigenvalue weighted by atomic mass is 15.1. The van der Waals surface area contributed by atoms with E-state index in [2.05, 4.69) is 42.3 Å². The van der Waals surface area contributed by atoms with E-state index >= 15 is 0 Å². The van der Waals surface area contributed by atoms with Crippen LogP contribution in [0.4, 0.5) is 0 Å². The Morgan fingerprint density at radius 2 is 0.816 bits per heavy atom. The lowest BCUT2D eigenvalue weighted by Crippen LogP contribution is -2.37. The van der Waals surface area contributed by atoms with Gasteiger partial charge in [0.15, 0.2) is 0 Å². The fourth-order valence-corrected chi connectivity index (χ4v) is 5.97. The van der Waals surface area contributed by atoms with Crippen LogP contribution in [0, 0.1) is 0 Å². The van der Waals surface area contributed by atoms with Crippen molar-refractivity contribution in [1.29, 1.82) is 0 Å². The Morgan fingerprint density at radius 3 is 1.26 bits per heavy atom. The normalized spacial score (nSPS) is 11.6. The molecule has 38 heavy (non-hydrogen) atoms. The van der Waals surface area contributed by atoms with Crippen molar-refractivity contribution in [2.45, 2.75) is 214 Å². The average molecular weight is 532 g/mol. The van der Waals surface area contributed by atoms with Crippen molar-refractivity contribution in [3.05, 3.63) is 18.2 Å². The molecule has 0 N–H and O–H groups in total. The second kappa shape index (κ2) is 27.8. The zero-order chi connectivity index (χ0) is 27.4. The maximum Gasteiger partial charge on any atom is 0.256 e. The monoisotopic (exact) mass is 532 g/mol. The van der Waals surface area contributed by atoms with E-state index < -0.39 is 0 Å². The van der Waals surface area contributed by atoms with E-state index in [9.17, 15) is 0 Å². The molecular weight excluding hydrogens is 460 g/mol. The van der Waals surface area contributed by atoms with E-state index in [0.29, 0.717) is 0 Å². The van der Waals surface area contributed by atoms with Crippen LogP contribution in [0.15, 0.2) is 12.4 Å². The van der Waals surface area contributed by atoms with Crippen molar-refractivity contribution in [1.82, 2.24) is 4.57 Å². The van der Waals surface area contributed by atoms with Crippen LogP contribution in [0.25, 0.3) is 0 Å². The second-order valence-electron chi connectivity index (χ2n) is 12.3. The Kier molecular flexibility index (Phi) is 25.7. The Labute approximate surface area is 240 Å². The number of hydrogen-bond acceptors (Lipinski definition) is 0. The molecular formula is C36H71N2+. The number of aryl methyl sites for hydroxylation is 2. The molecule has 0 spiro atoms. The van der Waals surface area contributed by atoms with Crippen LogP contribution < -0.4 is 4.57 Å². The summed E-state index contributed by atoms with van der Waals surface area (Å²) in [7, 11) is 0. The third kappa shape index (κ3) is 20.2. The Hall–Kier alpha value is -0.790. The van der Waals surface area contributed by atoms with Crippen LogP contribution >= 0.6 is 0 Å². The highest BCUT2D eigenvalue weighted by molar-refractivity contribution is 4.84. The molecule has 0 aliphatic rings. The van der Waals surface area contributed by atoms with Gasteiger partial charge in [-0.05, 0) is 32.1 Å². The van der Waals surface area contributed by atoms with Crippen molar-refractivity contribution < 1.29 is 4.57 Å². The maximum atomic E-state index is 2.61. The zero-order valence-corrected chi connectivity index (χ0v) is 26.8. The van der Waals surface area contributed by atoms with Crippen LogP contribution in [0.1, 0.15) is 200 Å². The molecule has 1 heterocycles. The van der Waals surface area contributed by atoms with Gasteiger partial charge in [-0.2, -0.15) is 0 Å². The molecule has 0 aliphatic heterocycles. The van der Waals surface area contributed by atoms with Gasteiger partial charge in [0.25, 0.3) is 5.82 Å². The van der Waals surface area contributed by atoms with Gasteiger partial charge in [-0.3, -0.25) is 0 Å². The molecule has 0 saturated carbocycles. The quantitative estimate of drug-likeness (QED) is 0.0689. The first kappa shape index (κ1) is 35.2. The molecule has 1 aromatic heterocycles. The van der Waals surface area contributed by atoms with Crippen molar-refractivity contribution in [3.63, 3.8) is 0 Å². The molecule has 0 aromatic carbocycles. The number of rotatable bonds is 30. The highest BCUT2D eigenvalue weighted by Gasteiger charge is 2.16. The van der Waals surface area contributed by atoms with Gasteiger partial charge in [-0.25, -0.2) is 9.13 Å². The molecule has 1 aromatic rings. The molecule has 0 bridgehead atoms. The summed E-state index contributed by atoms with van der Waals surface area (Å²) in [5.41, 5.74) is 0. The Morgan fingerprint density at radius 1 is 0.447 bits per heavy atom. The summed E-state index contributed by atoms with van der Waals surface area (Å²) in [6.45, 7) is 9.37. The number of hydrogen-bond donors (Lipinski definition) is 0. The zero-order valence-electron chi connectivity index (χ0n) is 26.8. The van der Waals surface area contributed by atoms with Gasteiger partial charge >= 0.3 is 0 Å². The molecule has 1 rings (SSSR count). The van der Waals surface area contributed by atoms with Crippen LogP contribution in [-0.4, -0.2) is 4.57 Å². The predicted octanol–water partition coefficient (Wildman–Crippen LogP) is 11.9. The minimum atomic E-state index is 1.21. The topological polar surface area (TPSA) is 8.81 Å². The molecule has 2 heteroatoms. The van der Waals surface area contributed by atoms with E-state index in [1.807, 2.05) is 0 Å². The molecule has 0 radical (unpaired) electrons. The first-order valence-corrected chi connectivity index (χ1v) is 17.9. The summed E-state index contributed by atoms with van der Waals surface area (Å²) in [4.78, 5) is 0. The summed E-state index contributed by atoms with van der Waals surface area (Å²) in [6, 6.07) is 0. The Balaban J connectivity index is 2.12. The molecule has 0 saturated heterocycles. The van der Waals surface area contributed by atoms with Crippen LogP contribution in [-0.2, 0) is 19.5 Å².